The molecule has 16 heavy (non-hydrogen) atoms. The number of primary amides is 1. The van der Waals surface area contributed by atoms with Gasteiger partial charge in [0.2, 0.25) is 5.91 Å². The lowest BCUT2D eigenvalue weighted by molar-refractivity contribution is 0.0968. The normalized spacial score (nSPS) is 10.4. The number of Topliss-reactive ketones (excluding diaryl/α,β-unsaturated/α-hetero) is 1. The number of rotatable bonds is 5. The molecular formula is C12H16N2O2. The molecule has 0 unspecified atom stereocenters. The number of nitrogens with zero attached hydrogens (tertiary/aromatic N) is 1. The van der Waals surface area contributed by atoms with E-state index in [0.717, 1.165) is 6.54 Å². The minimum Gasteiger partial charge on any atom is -0.366 e. The molecule has 0 atom stereocenters. The average Bonchev–Trinajstić information content (AvgIpc) is 2.26. The van der Waals surface area contributed by atoms with E-state index in [1.165, 1.54) is 0 Å². The maximum absolute atomic E-state index is 11.7. The fourth-order valence-corrected chi connectivity index (χ4v) is 1.29. The number of benzene rings is 1. The lowest BCUT2D eigenvalue weighted by atomic mass is 10.1. The summed E-state index contributed by atoms with van der Waals surface area (Å²) in [5.41, 5.74) is 6.15. The third-order valence-electron chi connectivity index (χ3n) is 2.28. The molecule has 0 aliphatic heterocycles. The molecule has 0 saturated heterocycles. The maximum atomic E-state index is 11.7. The van der Waals surface area contributed by atoms with E-state index in [4.69, 9.17) is 5.73 Å². The smallest absolute Gasteiger partial charge is 0.248 e. The maximum Gasteiger partial charge on any atom is 0.248 e. The number of carbonyl (C=O) groups excluding carboxylic acids is 2. The van der Waals surface area contributed by atoms with Crippen LogP contribution in [0.1, 0.15) is 27.1 Å². The SMILES string of the molecule is CN(C)CCC(=O)c1ccc(C(N)=O)cc1. The molecule has 1 rings (SSSR count). The topological polar surface area (TPSA) is 63.4 Å². The molecule has 0 aliphatic rings. The second-order valence-corrected chi connectivity index (χ2v) is 3.92. The van der Waals surface area contributed by atoms with Gasteiger partial charge in [-0.1, -0.05) is 12.1 Å². The van der Waals surface area contributed by atoms with Crippen LogP contribution in [0.3, 0.4) is 0 Å². The van der Waals surface area contributed by atoms with Crippen LogP contribution in [0.4, 0.5) is 0 Å². The fourth-order valence-electron chi connectivity index (χ4n) is 1.29. The highest BCUT2D eigenvalue weighted by molar-refractivity contribution is 5.98. The van der Waals surface area contributed by atoms with Crippen LogP contribution in [0.5, 0.6) is 0 Å². The Kier molecular flexibility index (Phi) is 4.19. The van der Waals surface area contributed by atoms with Crippen molar-refractivity contribution in [2.75, 3.05) is 20.6 Å². The predicted molar refractivity (Wildman–Crippen MR) is 62.5 cm³/mol. The van der Waals surface area contributed by atoms with Gasteiger partial charge in [-0.3, -0.25) is 9.59 Å². The van der Waals surface area contributed by atoms with Gasteiger partial charge in [-0.2, -0.15) is 0 Å². The van der Waals surface area contributed by atoms with Gasteiger partial charge in [0.15, 0.2) is 5.78 Å². The Morgan fingerprint density at radius 2 is 1.62 bits per heavy atom. The molecule has 0 radical (unpaired) electrons. The van der Waals surface area contributed by atoms with Gasteiger partial charge in [-0.15, -0.1) is 0 Å². The van der Waals surface area contributed by atoms with Gasteiger partial charge >= 0.3 is 0 Å². The Balaban J connectivity index is 2.67. The molecule has 1 aromatic rings. The quantitative estimate of drug-likeness (QED) is 0.750. The fraction of sp³-hybridized carbons (Fsp3) is 0.333. The second kappa shape index (κ2) is 5.42. The average molecular weight is 220 g/mol. The summed E-state index contributed by atoms with van der Waals surface area (Å²) >= 11 is 0. The molecule has 0 fully saturated rings. The summed E-state index contributed by atoms with van der Waals surface area (Å²) in [6.45, 7) is 0.719. The van der Waals surface area contributed by atoms with Crippen molar-refractivity contribution in [2.45, 2.75) is 6.42 Å². The van der Waals surface area contributed by atoms with Crippen molar-refractivity contribution in [1.82, 2.24) is 4.90 Å². The summed E-state index contributed by atoms with van der Waals surface area (Å²) < 4.78 is 0. The van der Waals surface area contributed by atoms with Crippen LogP contribution < -0.4 is 5.73 Å². The highest BCUT2D eigenvalue weighted by atomic mass is 16.1. The van der Waals surface area contributed by atoms with Crippen molar-refractivity contribution in [3.8, 4) is 0 Å². The van der Waals surface area contributed by atoms with E-state index in [1.54, 1.807) is 24.3 Å². The van der Waals surface area contributed by atoms with E-state index >= 15 is 0 Å². The van der Waals surface area contributed by atoms with Crippen molar-refractivity contribution >= 4 is 11.7 Å². The van der Waals surface area contributed by atoms with Crippen LogP contribution in [0.25, 0.3) is 0 Å². The number of carbonyl (C=O) groups is 2. The third kappa shape index (κ3) is 3.47. The van der Waals surface area contributed by atoms with Crippen molar-refractivity contribution in [2.24, 2.45) is 5.73 Å². The Morgan fingerprint density at radius 1 is 1.12 bits per heavy atom. The van der Waals surface area contributed by atoms with Crippen molar-refractivity contribution in [3.63, 3.8) is 0 Å². The van der Waals surface area contributed by atoms with E-state index in [9.17, 15) is 9.59 Å². The van der Waals surface area contributed by atoms with E-state index in [2.05, 4.69) is 0 Å². The van der Waals surface area contributed by atoms with Crippen LogP contribution in [-0.4, -0.2) is 37.2 Å². The van der Waals surface area contributed by atoms with Gasteiger partial charge in [0.25, 0.3) is 0 Å². The summed E-state index contributed by atoms with van der Waals surface area (Å²) in [7, 11) is 3.84. The number of hydrogen-bond acceptors (Lipinski definition) is 3. The summed E-state index contributed by atoms with van der Waals surface area (Å²) in [6, 6.07) is 6.42. The number of nitrogens with two attached hydrogens (primary N) is 1. The lowest BCUT2D eigenvalue weighted by Gasteiger charge is -2.08. The lowest BCUT2D eigenvalue weighted by Crippen LogP contribution is -2.17. The number of ketones is 1. The van der Waals surface area contributed by atoms with Crippen molar-refractivity contribution in [1.29, 1.82) is 0 Å². The van der Waals surface area contributed by atoms with Crippen molar-refractivity contribution < 1.29 is 9.59 Å². The molecule has 1 amide bonds. The summed E-state index contributed by atoms with van der Waals surface area (Å²) in [5, 5.41) is 0. The third-order valence-corrected chi connectivity index (χ3v) is 2.28. The molecule has 86 valence electrons. The molecule has 2 N–H and O–H groups in total. The molecule has 0 heterocycles. The summed E-state index contributed by atoms with van der Waals surface area (Å²) in [5.74, 6) is -0.406. The number of hydrogen-bond donors (Lipinski definition) is 1. The van der Waals surface area contributed by atoms with Crippen LogP contribution in [0.15, 0.2) is 24.3 Å². The Labute approximate surface area is 95.0 Å². The molecule has 0 saturated carbocycles. The highest BCUT2D eigenvalue weighted by Gasteiger charge is 2.07. The first-order chi connectivity index (χ1) is 7.50. The monoisotopic (exact) mass is 220 g/mol. The molecule has 1 aromatic carbocycles. The standard InChI is InChI=1S/C12H16N2O2/c1-14(2)8-7-11(15)9-3-5-10(6-4-9)12(13)16/h3-6H,7-8H2,1-2H3,(H2,13,16). The van der Waals surface area contributed by atoms with Crippen LogP contribution in [0.2, 0.25) is 0 Å². The van der Waals surface area contributed by atoms with Gasteiger partial charge in [0, 0.05) is 24.1 Å². The van der Waals surface area contributed by atoms with Crippen LogP contribution in [0, 0.1) is 0 Å². The first kappa shape index (κ1) is 12.4. The summed E-state index contributed by atoms with van der Waals surface area (Å²) in [4.78, 5) is 24.5. The molecule has 0 bridgehead atoms. The van der Waals surface area contributed by atoms with Gasteiger partial charge in [0.1, 0.15) is 0 Å². The highest BCUT2D eigenvalue weighted by Crippen LogP contribution is 2.06. The zero-order valence-electron chi connectivity index (χ0n) is 9.56. The Bertz CT molecular complexity index is 383. The minimum atomic E-state index is -0.479. The van der Waals surface area contributed by atoms with Gasteiger partial charge in [-0.05, 0) is 26.2 Å². The zero-order valence-corrected chi connectivity index (χ0v) is 9.56. The van der Waals surface area contributed by atoms with Gasteiger partial charge < -0.3 is 10.6 Å². The van der Waals surface area contributed by atoms with E-state index in [1.807, 2.05) is 19.0 Å². The Hall–Kier alpha value is -1.68. The van der Waals surface area contributed by atoms with Crippen LogP contribution >= 0.6 is 0 Å². The van der Waals surface area contributed by atoms with Crippen LogP contribution in [-0.2, 0) is 0 Å². The first-order valence-corrected chi connectivity index (χ1v) is 5.08. The molecule has 4 nitrogen and oxygen atoms in total. The van der Waals surface area contributed by atoms with E-state index < -0.39 is 5.91 Å². The predicted octanol–water partition coefficient (Wildman–Crippen LogP) is 0.920. The second-order valence-electron chi connectivity index (χ2n) is 3.92. The van der Waals surface area contributed by atoms with E-state index in [0.29, 0.717) is 17.5 Å². The van der Waals surface area contributed by atoms with Crippen molar-refractivity contribution in [3.05, 3.63) is 35.4 Å². The molecule has 0 aromatic heterocycles. The first-order valence-electron chi connectivity index (χ1n) is 5.08. The van der Waals surface area contributed by atoms with E-state index in [-0.39, 0.29) is 5.78 Å². The Morgan fingerprint density at radius 3 is 2.06 bits per heavy atom. The molecule has 4 heteroatoms. The molecule has 0 aliphatic carbocycles. The van der Waals surface area contributed by atoms with Gasteiger partial charge in [0.05, 0.1) is 0 Å². The minimum absolute atomic E-state index is 0.0738. The van der Waals surface area contributed by atoms with Gasteiger partial charge in [-0.25, -0.2) is 0 Å². The zero-order chi connectivity index (χ0) is 12.1. The largest absolute Gasteiger partial charge is 0.366 e. The molecular weight excluding hydrogens is 204 g/mol. The molecule has 0 spiro atoms. The number of amides is 1. The summed E-state index contributed by atoms with van der Waals surface area (Å²) in [6.07, 6.45) is 0.475.